The molecule has 3 unspecified atom stereocenters. The first-order valence-corrected chi connectivity index (χ1v) is 7.21. The van der Waals surface area contributed by atoms with E-state index in [1.165, 1.54) is 31.2 Å². The van der Waals surface area contributed by atoms with E-state index < -0.39 is 0 Å². The maximum atomic E-state index is 5.96. The Kier molecular flexibility index (Phi) is 3.55. The molecule has 18 heavy (non-hydrogen) atoms. The molecule has 2 nitrogen and oxygen atoms in total. The maximum absolute atomic E-state index is 5.96. The Morgan fingerprint density at radius 3 is 2.61 bits per heavy atom. The molecule has 0 radical (unpaired) electrons. The molecule has 2 aliphatic carbocycles. The highest BCUT2D eigenvalue weighted by Crippen LogP contribution is 2.48. The van der Waals surface area contributed by atoms with E-state index in [9.17, 15) is 0 Å². The van der Waals surface area contributed by atoms with Crippen LogP contribution in [0.15, 0.2) is 24.3 Å². The van der Waals surface area contributed by atoms with Crippen LogP contribution in [0, 0.1) is 17.8 Å². The molecular weight excluding hydrogens is 222 g/mol. The van der Waals surface area contributed by atoms with Crippen LogP contribution in [0.5, 0.6) is 5.75 Å². The average Bonchev–Trinajstić information content (AvgIpc) is 3.00. The molecule has 0 saturated heterocycles. The quantitative estimate of drug-likeness (QED) is 0.860. The topological polar surface area (TPSA) is 21.3 Å². The first kappa shape index (κ1) is 12.0. The highest BCUT2D eigenvalue weighted by molar-refractivity contribution is 5.27. The number of ether oxygens (including phenoxy) is 1. The second kappa shape index (κ2) is 5.31. The van der Waals surface area contributed by atoms with Gasteiger partial charge in [0.2, 0.25) is 0 Å². The summed E-state index contributed by atoms with van der Waals surface area (Å²) in [5.74, 6) is 3.82. The van der Waals surface area contributed by atoms with Gasteiger partial charge in [0.1, 0.15) is 5.75 Å². The predicted octanol–water partition coefficient (Wildman–Crippen LogP) is 3.22. The van der Waals surface area contributed by atoms with Crippen molar-refractivity contribution in [3.8, 4) is 5.75 Å². The summed E-state index contributed by atoms with van der Waals surface area (Å²) in [7, 11) is 1.97. The summed E-state index contributed by atoms with van der Waals surface area (Å²) >= 11 is 0. The Morgan fingerprint density at radius 1 is 1.17 bits per heavy atom. The van der Waals surface area contributed by atoms with Gasteiger partial charge in [-0.25, -0.2) is 0 Å². The van der Waals surface area contributed by atoms with Crippen LogP contribution in [0.2, 0.25) is 0 Å². The van der Waals surface area contributed by atoms with Crippen molar-refractivity contribution >= 4 is 0 Å². The Balaban J connectivity index is 1.50. The molecule has 2 fully saturated rings. The van der Waals surface area contributed by atoms with Crippen molar-refractivity contribution < 1.29 is 4.74 Å². The van der Waals surface area contributed by atoms with E-state index in [1.54, 1.807) is 0 Å². The largest absolute Gasteiger partial charge is 0.493 e. The highest BCUT2D eigenvalue weighted by atomic mass is 16.5. The van der Waals surface area contributed by atoms with E-state index in [0.717, 1.165) is 36.7 Å². The Bertz CT molecular complexity index is 387. The summed E-state index contributed by atoms with van der Waals surface area (Å²) < 4.78 is 5.96. The fourth-order valence-electron chi connectivity index (χ4n) is 3.69. The van der Waals surface area contributed by atoms with Gasteiger partial charge in [-0.05, 0) is 61.8 Å². The van der Waals surface area contributed by atoms with Crippen LogP contribution in [0.4, 0.5) is 0 Å². The molecule has 0 aliphatic heterocycles. The van der Waals surface area contributed by atoms with Gasteiger partial charge in [0.15, 0.2) is 0 Å². The normalized spacial score (nSPS) is 29.7. The summed E-state index contributed by atoms with van der Waals surface area (Å²) in [4.78, 5) is 0. The summed E-state index contributed by atoms with van der Waals surface area (Å²) in [5.41, 5.74) is 1.31. The molecule has 0 spiro atoms. The molecule has 3 atom stereocenters. The standard InChI is InChI=1S/C16H23NO/c1-17-10-12-3-6-16(7-4-12)18-11-15-9-13-2-5-14(15)8-13/h3-4,6-7,13-15,17H,2,5,8-11H2,1H3. The van der Waals surface area contributed by atoms with Crippen molar-refractivity contribution in [3.63, 3.8) is 0 Å². The molecule has 1 N–H and O–H groups in total. The van der Waals surface area contributed by atoms with Crippen molar-refractivity contribution in [3.05, 3.63) is 29.8 Å². The fourth-order valence-corrected chi connectivity index (χ4v) is 3.69. The van der Waals surface area contributed by atoms with Gasteiger partial charge in [0.05, 0.1) is 6.61 Å². The van der Waals surface area contributed by atoms with E-state index in [-0.39, 0.29) is 0 Å². The van der Waals surface area contributed by atoms with Gasteiger partial charge in [-0.2, -0.15) is 0 Å². The van der Waals surface area contributed by atoms with E-state index in [4.69, 9.17) is 4.74 Å². The van der Waals surface area contributed by atoms with Gasteiger partial charge in [0.25, 0.3) is 0 Å². The molecule has 2 heteroatoms. The molecule has 0 aromatic heterocycles. The van der Waals surface area contributed by atoms with E-state index in [1.807, 2.05) is 7.05 Å². The van der Waals surface area contributed by atoms with Crippen LogP contribution in [0.3, 0.4) is 0 Å². The molecule has 98 valence electrons. The van der Waals surface area contributed by atoms with Gasteiger partial charge >= 0.3 is 0 Å². The zero-order valence-corrected chi connectivity index (χ0v) is 11.2. The van der Waals surface area contributed by atoms with Gasteiger partial charge < -0.3 is 10.1 Å². The molecule has 1 aromatic carbocycles. The number of fused-ring (bicyclic) bond motifs is 2. The maximum Gasteiger partial charge on any atom is 0.119 e. The molecule has 2 bridgehead atoms. The van der Waals surface area contributed by atoms with E-state index >= 15 is 0 Å². The lowest BCUT2D eigenvalue weighted by atomic mass is 9.89. The average molecular weight is 245 g/mol. The second-order valence-corrected chi connectivity index (χ2v) is 5.92. The Morgan fingerprint density at radius 2 is 2.00 bits per heavy atom. The third-order valence-corrected chi connectivity index (χ3v) is 4.65. The zero-order valence-electron chi connectivity index (χ0n) is 11.2. The second-order valence-electron chi connectivity index (χ2n) is 5.92. The lowest BCUT2D eigenvalue weighted by Gasteiger charge is -2.21. The van der Waals surface area contributed by atoms with Crippen molar-refractivity contribution in [2.45, 2.75) is 32.2 Å². The zero-order chi connectivity index (χ0) is 12.4. The van der Waals surface area contributed by atoms with Gasteiger partial charge in [-0.3, -0.25) is 0 Å². The molecular formula is C16H23NO. The third kappa shape index (κ3) is 2.54. The Labute approximate surface area is 110 Å². The number of hydrogen-bond donors (Lipinski definition) is 1. The molecule has 3 rings (SSSR count). The Hall–Kier alpha value is -1.02. The van der Waals surface area contributed by atoms with Gasteiger partial charge in [-0.15, -0.1) is 0 Å². The summed E-state index contributed by atoms with van der Waals surface area (Å²) in [6.45, 7) is 1.85. The minimum absolute atomic E-state index is 0.820. The number of benzene rings is 1. The van der Waals surface area contributed by atoms with Crippen molar-refractivity contribution in [1.82, 2.24) is 5.32 Å². The molecule has 2 aliphatic rings. The summed E-state index contributed by atoms with van der Waals surface area (Å²) in [5, 5.41) is 3.16. The number of hydrogen-bond acceptors (Lipinski definition) is 2. The molecule has 2 saturated carbocycles. The van der Waals surface area contributed by atoms with Crippen LogP contribution in [0.1, 0.15) is 31.2 Å². The molecule has 0 amide bonds. The van der Waals surface area contributed by atoms with Crippen molar-refractivity contribution in [2.75, 3.05) is 13.7 Å². The highest BCUT2D eigenvalue weighted by Gasteiger charge is 2.39. The number of rotatable bonds is 5. The summed E-state index contributed by atoms with van der Waals surface area (Å²) in [6, 6.07) is 8.49. The van der Waals surface area contributed by atoms with Gasteiger partial charge in [0, 0.05) is 6.54 Å². The monoisotopic (exact) mass is 245 g/mol. The first-order valence-electron chi connectivity index (χ1n) is 7.21. The van der Waals surface area contributed by atoms with Crippen molar-refractivity contribution in [2.24, 2.45) is 17.8 Å². The predicted molar refractivity (Wildman–Crippen MR) is 73.6 cm³/mol. The molecule has 1 aromatic rings. The number of nitrogens with one attached hydrogen (secondary N) is 1. The lowest BCUT2D eigenvalue weighted by molar-refractivity contribution is 0.195. The van der Waals surface area contributed by atoms with E-state index in [0.29, 0.717) is 0 Å². The fraction of sp³-hybridized carbons (Fsp3) is 0.625. The minimum Gasteiger partial charge on any atom is -0.493 e. The first-order chi connectivity index (χ1) is 8.85. The lowest BCUT2D eigenvalue weighted by Crippen LogP contribution is -2.18. The van der Waals surface area contributed by atoms with Crippen LogP contribution in [-0.2, 0) is 6.54 Å². The smallest absolute Gasteiger partial charge is 0.119 e. The third-order valence-electron chi connectivity index (χ3n) is 4.65. The minimum atomic E-state index is 0.820. The summed E-state index contributed by atoms with van der Waals surface area (Å²) in [6.07, 6.45) is 5.79. The van der Waals surface area contributed by atoms with Gasteiger partial charge in [-0.1, -0.05) is 18.6 Å². The van der Waals surface area contributed by atoms with Crippen LogP contribution in [0.25, 0.3) is 0 Å². The molecule has 0 heterocycles. The van der Waals surface area contributed by atoms with Crippen LogP contribution >= 0.6 is 0 Å². The van der Waals surface area contributed by atoms with E-state index in [2.05, 4.69) is 29.6 Å². The van der Waals surface area contributed by atoms with Crippen molar-refractivity contribution in [1.29, 1.82) is 0 Å². The van der Waals surface area contributed by atoms with Crippen LogP contribution < -0.4 is 10.1 Å². The van der Waals surface area contributed by atoms with Crippen LogP contribution in [-0.4, -0.2) is 13.7 Å². The SMILES string of the molecule is CNCc1ccc(OCC2CC3CCC2C3)cc1.